The third-order valence-corrected chi connectivity index (χ3v) is 4.54. The maximum absolute atomic E-state index is 12.8. The number of aromatic amines is 1. The first-order valence-electron chi connectivity index (χ1n) is 7.84. The highest BCUT2D eigenvalue weighted by molar-refractivity contribution is 6.01. The smallest absolute Gasteiger partial charge is 0.305 e. The zero-order valence-corrected chi connectivity index (χ0v) is 12.9. The highest BCUT2D eigenvalue weighted by atomic mass is 16.4. The Morgan fingerprint density at radius 2 is 1.83 bits per heavy atom. The van der Waals surface area contributed by atoms with Crippen molar-refractivity contribution in [2.75, 3.05) is 6.54 Å². The molecule has 0 bridgehead atoms. The molecule has 1 aromatic heterocycles. The second-order valence-corrected chi connectivity index (χ2v) is 5.92. The molecule has 24 heavy (non-hydrogen) atoms. The van der Waals surface area contributed by atoms with E-state index in [2.05, 4.69) is 4.98 Å². The van der Waals surface area contributed by atoms with E-state index in [9.17, 15) is 9.59 Å². The van der Waals surface area contributed by atoms with Gasteiger partial charge in [-0.25, -0.2) is 0 Å². The van der Waals surface area contributed by atoms with Crippen LogP contribution in [-0.4, -0.2) is 33.4 Å². The molecule has 2 heterocycles. The highest BCUT2D eigenvalue weighted by Gasteiger charge is 2.38. The number of nitrogens with one attached hydrogen (secondary N) is 1. The lowest BCUT2D eigenvalue weighted by Crippen LogP contribution is -2.30. The Labute approximate surface area is 138 Å². The second-order valence-electron chi connectivity index (χ2n) is 5.92. The summed E-state index contributed by atoms with van der Waals surface area (Å²) < 4.78 is 0. The van der Waals surface area contributed by atoms with Gasteiger partial charge in [-0.2, -0.15) is 0 Å². The van der Waals surface area contributed by atoms with E-state index in [1.165, 1.54) is 0 Å². The molecule has 0 saturated heterocycles. The van der Waals surface area contributed by atoms with E-state index in [-0.39, 0.29) is 24.9 Å². The normalized spacial score (nSPS) is 16.6. The van der Waals surface area contributed by atoms with Crippen LogP contribution in [0.2, 0.25) is 0 Å². The van der Waals surface area contributed by atoms with Gasteiger partial charge in [0.25, 0.3) is 5.91 Å². The average Bonchev–Trinajstić information content (AvgIpc) is 3.12. The predicted molar refractivity (Wildman–Crippen MR) is 89.9 cm³/mol. The molecule has 4 rings (SSSR count). The standard InChI is InChI=1S/C19H16N2O3/c22-17(23)9-10-21-18(13-6-1-2-7-14(13)19(21)24)15-11-20-16-8-4-3-5-12(15)16/h1-8,11,18,20H,9-10H2,(H,22,23). The number of benzene rings is 2. The molecular formula is C19H16N2O3. The van der Waals surface area contributed by atoms with Gasteiger partial charge in [-0.05, 0) is 17.7 Å². The largest absolute Gasteiger partial charge is 0.481 e. The molecule has 1 aliphatic rings. The summed E-state index contributed by atoms with van der Waals surface area (Å²) in [7, 11) is 0. The lowest BCUT2D eigenvalue weighted by atomic mass is 9.97. The van der Waals surface area contributed by atoms with Gasteiger partial charge < -0.3 is 15.0 Å². The van der Waals surface area contributed by atoms with Gasteiger partial charge in [-0.15, -0.1) is 0 Å². The number of carboxylic acids is 1. The molecule has 120 valence electrons. The van der Waals surface area contributed by atoms with Gasteiger partial charge in [-0.1, -0.05) is 36.4 Å². The Kier molecular flexibility index (Phi) is 3.34. The molecule has 2 aromatic carbocycles. The monoisotopic (exact) mass is 320 g/mol. The van der Waals surface area contributed by atoms with Crippen LogP contribution < -0.4 is 0 Å². The van der Waals surface area contributed by atoms with Gasteiger partial charge in [0.15, 0.2) is 0 Å². The Bertz CT molecular complexity index is 944. The SMILES string of the molecule is O=C(O)CCN1C(=O)c2ccccc2C1c1c[nH]c2ccccc12. The lowest BCUT2D eigenvalue weighted by Gasteiger charge is -2.24. The predicted octanol–water partition coefficient (Wildman–Crippen LogP) is 3.19. The highest BCUT2D eigenvalue weighted by Crippen LogP contribution is 2.40. The number of carbonyl (C=O) groups is 2. The molecule has 1 amide bonds. The summed E-state index contributed by atoms with van der Waals surface area (Å²) in [6.45, 7) is 0.188. The fraction of sp³-hybridized carbons (Fsp3) is 0.158. The van der Waals surface area contributed by atoms with E-state index in [4.69, 9.17) is 5.11 Å². The van der Waals surface area contributed by atoms with Crippen molar-refractivity contribution in [3.63, 3.8) is 0 Å². The van der Waals surface area contributed by atoms with Crippen LogP contribution in [-0.2, 0) is 4.79 Å². The number of hydrogen-bond acceptors (Lipinski definition) is 2. The number of aliphatic carboxylic acids is 1. The number of carboxylic acid groups (broad SMARTS) is 1. The second kappa shape index (κ2) is 5.53. The molecule has 0 radical (unpaired) electrons. The number of hydrogen-bond donors (Lipinski definition) is 2. The summed E-state index contributed by atoms with van der Waals surface area (Å²) in [5, 5.41) is 10.1. The number of amides is 1. The summed E-state index contributed by atoms with van der Waals surface area (Å²) in [6, 6.07) is 15.2. The van der Waals surface area contributed by atoms with E-state index in [1.54, 1.807) is 11.0 Å². The van der Waals surface area contributed by atoms with Crippen molar-refractivity contribution in [3.8, 4) is 0 Å². The molecule has 5 heteroatoms. The number of para-hydroxylation sites is 1. The first kappa shape index (κ1) is 14.5. The molecule has 3 aromatic rings. The first-order chi connectivity index (χ1) is 11.7. The van der Waals surface area contributed by atoms with Gasteiger partial charge >= 0.3 is 5.97 Å². The van der Waals surface area contributed by atoms with E-state index >= 15 is 0 Å². The summed E-state index contributed by atoms with van der Waals surface area (Å²) in [5.74, 6) is -1.02. The van der Waals surface area contributed by atoms with Crippen molar-refractivity contribution in [2.24, 2.45) is 0 Å². The van der Waals surface area contributed by atoms with Crippen molar-refractivity contribution in [1.82, 2.24) is 9.88 Å². The van der Waals surface area contributed by atoms with Gasteiger partial charge in [0.1, 0.15) is 0 Å². The topological polar surface area (TPSA) is 73.4 Å². The summed E-state index contributed by atoms with van der Waals surface area (Å²) in [4.78, 5) is 28.7. The molecule has 1 atom stereocenters. The molecule has 2 N–H and O–H groups in total. The Morgan fingerprint density at radius 3 is 2.67 bits per heavy atom. The molecule has 0 saturated carbocycles. The molecule has 1 aliphatic heterocycles. The summed E-state index contributed by atoms with van der Waals surface area (Å²) in [5.41, 5.74) is 3.58. The van der Waals surface area contributed by atoms with Crippen molar-refractivity contribution in [1.29, 1.82) is 0 Å². The maximum atomic E-state index is 12.8. The maximum Gasteiger partial charge on any atom is 0.305 e. The van der Waals surface area contributed by atoms with Gasteiger partial charge in [0.2, 0.25) is 0 Å². The third-order valence-electron chi connectivity index (χ3n) is 4.54. The van der Waals surface area contributed by atoms with Gasteiger partial charge in [0.05, 0.1) is 12.5 Å². The zero-order chi connectivity index (χ0) is 16.7. The molecule has 0 spiro atoms. The number of nitrogens with zero attached hydrogens (tertiary/aromatic N) is 1. The summed E-state index contributed by atoms with van der Waals surface area (Å²) in [6.07, 6.45) is 1.84. The van der Waals surface area contributed by atoms with Gasteiger partial charge in [-0.3, -0.25) is 9.59 Å². The minimum atomic E-state index is -0.906. The quantitative estimate of drug-likeness (QED) is 0.775. The van der Waals surface area contributed by atoms with Crippen LogP contribution in [0.5, 0.6) is 0 Å². The van der Waals surface area contributed by atoms with Crippen LogP contribution >= 0.6 is 0 Å². The van der Waals surface area contributed by atoms with Crippen molar-refractivity contribution >= 4 is 22.8 Å². The fourth-order valence-electron chi connectivity index (χ4n) is 3.47. The Morgan fingerprint density at radius 1 is 1.08 bits per heavy atom. The number of rotatable bonds is 4. The van der Waals surface area contributed by atoms with Crippen LogP contribution in [0, 0.1) is 0 Å². The molecule has 0 fully saturated rings. The lowest BCUT2D eigenvalue weighted by molar-refractivity contribution is -0.137. The van der Waals surface area contributed by atoms with Crippen LogP contribution in [0.15, 0.2) is 54.7 Å². The van der Waals surface area contributed by atoms with Crippen LogP contribution in [0.1, 0.15) is 33.9 Å². The minimum absolute atomic E-state index is 0.0708. The molecule has 5 nitrogen and oxygen atoms in total. The molecule has 0 aliphatic carbocycles. The number of aromatic nitrogens is 1. The fourth-order valence-corrected chi connectivity index (χ4v) is 3.47. The third kappa shape index (κ3) is 2.17. The minimum Gasteiger partial charge on any atom is -0.481 e. The first-order valence-corrected chi connectivity index (χ1v) is 7.84. The molecule has 1 unspecified atom stereocenters. The summed E-state index contributed by atoms with van der Waals surface area (Å²) >= 11 is 0. The van der Waals surface area contributed by atoms with Crippen LogP contribution in [0.4, 0.5) is 0 Å². The average molecular weight is 320 g/mol. The van der Waals surface area contributed by atoms with Crippen molar-refractivity contribution in [3.05, 3.63) is 71.4 Å². The Balaban J connectivity index is 1.85. The number of carbonyl (C=O) groups excluding carboxylic acids is 1. The van der Waals surface area contributed by atoms with Crippen LogP contribution in [0.25, 0.3) is 10.9 Å². The number of H-pyrrole nitrogens is 1. The Hall–Kier alpha value is -3.08. The van der Waals surface area contributed by atoms with E-state index < -0.39 is 5.97 Å². The number of fused-ring (bicyclic) bond motifs is 2. The van der Waals surface area contributed by atoms with E-state index in [1.807, 2.05) is 48.7 Å². The molecular weight excluding hydrogens is 304 g/mol. The van der Waals surface area contributed by atoms with Crippen molar-refractivity contribution in [2.45, 2.75) is 12.5 Å². The van der Waals surface area contributed by atoms with Gasteiger partial charge in [0, 0.05) is 34.8 Å². The van der Waals surface area contributed by atoms with Crippen molar-refractivity contribution < 1.29 is 14.7 Å². The van der Waals surface area contributed by atoms with Crippen LogP contribution in [0.3, 0.4) is 0 Å². The van der Waals surface area contributed by atoms with E-state index in [0.717, 1.165) is 22.0 Å². The van der Waals surface area contributed by atoms with E-state index in [0.29, 0.717) is 5.56 Å². The zero-order valence-electron chi connectivity index (χ0n) is 12.9.